The number of amides is 1. The van der Waals surface area contributed by atoms with Crippen molar-refractivity contribution in [2.45, 2.75) is 37.4 Å². The highest BCUT2D eigenvalue weighted by Gasteiger charge is 2.23. The SMILES string of the molecule is C[C@H]1CCCCN1C(=O)CSc1nnc2c(Cl)cc(Cl)cn12. The van der Waals surface area contributed by atoms with Gasteiger partial charge < -0.3 is 4.90 Å². The average Bonchev–Trinajstić information content (AvgIpc) is 2.88. The first-order chi connectivity index (χ1) is 10.6. The number of piperidine rings is 1. The molecule has 3 heterocycles. The molecule has 1 aliphatic rings. The van der Waals surface area contributed by atoms with Crippen LogP contribution in [0, 0.1) is 0 Å². The molecule has 0 aliphatic carbocycles. The predicted octanol–water partition coefficient (Wildman–Crippen LogP) is 3.53. The highest BCUT2D eigenvalue weighted by atomic mass is 35.5. The van der Waals surface area contributed by atoms with Crippen LogP contribution in [0.25, 0.3) is 5.65 Å². The van der Waals surface area contributed by atoms with Gasteiger partial charge in [0, 0.05) is 18.8 Å². The molecule has 2 aromatic rings. The van der Waals surface area contributed by atoms with Gasteiger partial charge in [0.2, 0.25) is 5.91 Å². The summed E-state index contributed by atoms with van der Waals surface area (Å²) in [4.78, 5) is 14.3. The number of aromatic nitrogens is 3. The minimum atomic E-state index is 0.141. The van der Waals surface area contributed by atoms with E-state index in [1.165, 1.54) is 18.2 Å². The smallest absolute Gasteiger partial charge is 0.233 e. The average molecular weight is 359 g/mol. The third kappa shape index (κ3) is 3.19. The van der Waals surface area contributed by atoms with E-state index in [0.29, 0.717) is 32.6 Å². The number of thioether (sulfide) groups is 1. The third-order valence-electron chi connectivity index (χ3n) is 3.84. The summed E-state index contributed by atoms with van der Waals surface area (Å²) in [6.07, 6.45) is 5.07. The van der Waals surface area contributed by atoms with Crippen molar-refractivity contribution in [2.24, 2.45) is 0 Å². The first kappa shape index (κ1) is 15.9. The van der Waals surface area contributed by atoms with Crippen molar-refractivity contribution in [2.75, 3.05) is 12.3 Å². The largest absolute Gasteiger partial charge is 0.339 e. The maximum Gasteiger partial charge on any atom is 0.233 e. The van der Waals surface area contributed by atoms with Crippen molar-refractivity contribution < 1.29 is 4.79 Å². The second-order valence-electron chi connectivity index (χ2n) is 5.40. The molecule has 0 spiro atoms. The number of fused-ring (bicyclic) bond motifs is 1. The molecule has 1 saturated heterocycles. The van der Waals surface area contributed by atoms with Gasteiger partial charge >= 0.3 is 0 Å². The van der Waals surface area contributed by atoms with Crippen LogP contribution in [0.15, 0.2) is 17.4 Å². The van der Waals surface area contributed by atoms with Crippen molar-refractivity contribution in [1.82, 2.24) is 19.5 Å². The molecule has 8 heteroatoms. The zero-order chi connectivity index (χ0) is 15.7. The molecule has 1 fully saturated rings. The van der Waals surface area contributed by atoms with Crippen LogP contribution >= 0.6 is 35.0 Å². The zero-order valence-corrected chi connectivity index (χ0v) is 14.5. The number of carbonyl (C=O) groups excluding carboxylic acids is 1. The lowest BCUT2D eigenvalue weighted by Crippen LogP contribution is -2.42. The van der Waals surface area contributed by atoms with E-state index in [1.807, 2.05) is 4.90 Å². The van der Waals surface area contributed by atoms with Crippen molar-refractivity contribution in [3.63, 3.8) is 0 Å². The van der Waals surface area contributed by atoms with Gasteiger partial charge in [-0.2, -0.15) is 0 Å². The molecule has 5 nitrogen and oxygen atoms in total. The molecular weight excluding hydrogens is 343 g/mol. The summed E-state index contributed by atoms with van der Waals surface area (Å²) in [5.74, 6) is 0.483. The van der Waals surface area contributed by atoms with Crippen molar-refractivity contribution in [1.29, 1.82) is 0 Å². The normalized spacial score (nSPS) is 18.9. The van der Waals surface area contributed by atoms with Gasteiger partial charge in [-0.3, -0.25) is 9.20 Å². The van der Waals surface area contributed by atoms with Gasteiger partial charge in [-0.1, -0.05) is 35.0 Å². The van der Waals surface area contributed by atoms with Crippen LogP contribution < -0.4 is 0 Å². The van der Waals surface area contributed by atoms with Gasteiger partial charge in [0.15, 0.2) is 10.8 Å². The minimum Gasteiger partial charge on any atom is -0.339 e. The summed E-state index contributed by atoms with van der Waals surface area (Å²) in [6, 6.07) is 1.95. The van der Waals surface area contributed by atoms with Gasteiger partial charge in [0.25, 0.3) is 0 Å². The molecule has 1 amide bonds. The van der Waals surface area contributed by atoms with E-state index < -0.39 is 0 Å². The fourth-order valence-electron chi connectivity index (χ4n) is 2.68. The lowest BCUT2D eigenvalue weighted by Gasteiger charge is -2.33. The van der Waals surface area contributed by atoms with E-state index >= 15 is 0 Å². The molecule has 2 aromatic heterocycles. The number of halogens is 2. The van der Waals surface area contributed by atoms with Gasteiger partial charge in [-0.05, 0) is 32.3 Å². The molecule has 0 radical (unpaired) electrons. The molecule has 0 unspecified atom stereocenters. The summed E-state index contributed by atoms with van der Waals surface area (Å²) in [5, 5.41) is 9.72. The van der Waals surface area contributed by atoms with Crippen molar-refractivity contribution in [3.05, 3.63) is 22.3 Å². The molecule has 1 aliphatic heterocycles. The molecule has 0 N–H and O–H groups in total. The molecular formula is C14H16Cl2N4OS. The lowest BCUT2D eigenvalue weighted by molar-refractivity contribution is -0.131. The first-order valence-corrected chi connectivity index (χ1v) is 8.92. The summed E-state index contributed by atoms with van der Waals surface area (Å²) >= 11 is 13.5. The van der Waals surface area contributed by atoms with Gasteiger partial charge in [0.1, 0.15) is 0 Å². The highest BCUT2D eigenvalue weighted by molar-refractivity contribution is 7.99. The number of hydrogen-bond donors (Lipinski definition) is 0. The van der Waals surface area contributed by atoms with Crippen LogP contribution in [0.2, 0.25) is 10.0 Å². The van der Waals surface area contributed by atoms with E-state index in [0.717, 1.165) is 19.4 Å². The monoisotopic (exact) mass is 358 g/mol. The zero-order valence-electron chi connectivity index (χ0n) is 12.1. The van der Waals surface area contributed by atoms with E-state index in [1.54, 1.807) is 16.7 Å². The maximum absolute atomic E-state index is 12.4. The Hall–Kier alpha value is -0.980. The van der Waals surface area contributed by atoms with Gasteiger partial charge in [0.05, 0.1) is 15.8 Å². The van der Waals surface area contributed by atoms with Crippen LogP contribution in [0.1, 0.15) is 26.2 Å². The standard InChI is InChI=1S/C14H16Cl2N4OS/c1-9-4-2-3-5-19(9)12(21)8-22-14-18-17-13-11(16)6-10(15)7-20(13)14/h6-7,9H,2-5,8H2,1H3/t9-/m0/s1. The molecule has 0 saturated carbocycles. The lowest BCUT2D eigenvalue weighted by atomic mass is 10.0. The van der Waals surface area contributed by atoms with Crippen molar-refractivity contribution >= 4 is 46.5 Å². The molecule has 1 atom stereocenters. The Morgan fingerprint density at radius 3 is 3.00 bits per heavy atom. The van der Waals surface area contributed by atoms with E-state index in [9.17, 15) is 4.79 Å². The summed E-state index contributed by atoms with van der Waals surface area (Å²) in [6.45, 7) is 2.95. The fourth-order valence-corrected chi connectivity index (χ4v) is 3.98. The fraction of sp³-hybridized carbons (Fsp3) is 0.500. The number of nitrogens with zero attached hydrogens (tertiary/aromatic N) is 4. The van der Waals surface area contributed by atoms with Crippen LogP contribution in [-0.2, 0) is 4.79 Å². The summed E-state index contributed by atoms with van der Waals surface area (Å²) in [5.41, 5.74) is 0.548. The third-order valence-corrected chi connectivity index (χ3v) is 5.26. The van der Waals surface area contributed by atoms with E-state index in [-0.39, 0.29) is 5.91 Å². The Kier molecular flexibility index (Phi) is 4.80. The first-order valence-electron chi connectivity index (χ1n) is 7.18. The number of pyridine rings is 1. The second-order valence-corrected chi connectivity index (χ2v) is 7.19. The van der Waals surface area contributed by atoms with Crippen LogP contribution in [0.4, 0.5) is 0 Å². The van der Waals surface area contributed by atoms with Gasteiger partial charge in [-0.25, -0.2) is 0 Å². The molecule has 0 bridgehead atoms. The topological polar surface area (TPSA) is 50.5 Å². The molecule has 22 heavy (non-hydrogen) atoms. The predicted molar refractivity (Wildman–Crippen MR) is 88.8 cm³/mol. The van der Waals surface area contributed by atoms with E-state index in [4.69, 9.17) is 23.2 Å². The van der Waals surface area contributed by atoms with Crippen LogP contribution in [0.5, 0.6) is 0 Å². The minimum absolute atomic E-state index is 0.141. The maximum atomic E-state index is 12.4. The summed E-state index contributed by atoms with van der Waals surface area (Å²) in [7, 11) is 0. The van der Waals surface area contributed by atoms with Crippen LogP contribution in [-0.4, -0.2) is 43.7 Å². The number of rotatable bonds is 3. The molecule has 3 rings (SSSR count). The number of likely N-dealkylation sites (tertiary alicyclic amines) is 1. The highest BCUT2D eigenvalue weighted by Crippen LogP contribution is 2.26. The number of carbonyl (C=O) groups is 1. The summed E-state index contributed by atoms with van der Waals surface area (Å²) < 4.78 is 1.72. The second kappa shape index (κ2) is 6.64. The quantitative estimate of drug-likeness (QED) is 0.787. The van der Waals surface area contributed by atoms with Crippen molar-refractivity contribution in [3.8, 4) is 0 Å². The van der Waals surface area contributed by atoms with Gasteiger partial charge in [-0.15, -0.1) is 10.2 Å². The Morgan fingerprint density at radius 1 is 1.41 bits per heavy atom. The van der Waals surface area contributed by atoms with E-state index in [2.05, 4.69) is 17.1 Å². The number of hydrogen-bond acceptors (Lipinski definition) is 4. The Balaban J connectivity index is 1.72. The Morgan fingerprint density at radius 2 is 2.23 bits per heavy atom. The Labute approximate surface area is 143 Å². The van der Waals surface area contributed by atoms with Crippen LogP contribution in [0.3, 0.4) is 0 Å². The molecule has 0 aromatic carbocycles. The Bertz CT molecular complexity index is 705. The molecule has 118 valence electrons.